The van der Waals surface area contributed by atoms with Crippen LogP contribution in [0.15, 0.2) is 24.3 Å². The third-order valence-electron chi connectivity index (χ3n) is 7.71. The zero-order chi connectivity index (χ0) is 26.9. The smallest absolute Gasteiger partial charge is 0.411 e. The van der Waals surface area contributed by atoms with Crippen molar-refractivity contribution in [3.05, 3.63) is 41.2 Å². The van der Waals surface area contributed by atoms with Gasteiger partial charge >= 0.3 is 6.09 Å². The average molecular weight is 515 g/mol. The van der Waals surface area contributed by atoms with E-state index >= 15 is 4.39 Å². The summed E-state index contributed by atoms with van der Waals surface area (Å²) in [5, 5.41) is 2.71. The van der Waals surface area contributed by atoms with Crippen LogP contribution in [0.2, 0.25) is 0 Å². The molecule has 3 N–H and O–H groups in total. The van der Waals surface area contributed by atoms with Crippen molar-refractivity contribution in [1.82, 2.24) is 15.1 Å². The molecule has 1 aliphatic carbocycles. The van der Waals surface area contributed by atoms with Crippen molar-refractivity contribution in [2.45, 2.75) is 83.5 Å². The molecule has 2 heterocycles. The molecule has 2 aliphatic heterocycles. The van der Waals surface area contributed by atoms with E-state index in [1.165, 1.54) is 11.0 Å². The van der Waals surface area contributed by atoms with Crippen LogP contribution in [0.3, 0.4) is 0 Å². The molecule has 1 saturated carbocycles. The highest BCUT2D eigenvalue weighted by Crippen LogP contribution is 2.43. The summed E-state index contributed by atoms with van der Waals surface area (Å²) in [6.45, 7) is 10.2. The van der Waals surface area contributed by atoms with Crippen LogP contribution >= 0.6 is 0 Å². The summed E-state index contributed by atoms with van der Waals surface area (Å²) in [7, 11) is 0. The first-order valence-electron chi connectivity index (χ1n) is 13.3. The van der Waals surface area contributed by atoms with Gasteiger partial charge in [-0.15, -0.1) is 0 Å². The predicted octanol–water partition coefficient (Wildman–Crippen LogP) is 3.24. The lowest BCUT2D eigenvalue weighted by molar-refractivity contribution is -0.132. The van der Waals surface area contributed by atoms with Gasteiger partial charge in [-0.3, -0.25) is 19.4 Å². The highest BCUT2D eigenvalue weighted by atomic mass is 19.1. The number of primary amides is 1. The SMILES string of the molecule is CCN1CC=C(c2ccc(CC(NC(=O)C3C4CCC(C4)N3C(=O)OC(C)(C)C)C(N)=O)c(F)c2)CC1. The van der Waals surface area contributed by atoms with Crippen LogP contribution in [0.4, 0.5) is 9.18 Å². The molecule has 3 aliphatic rings. The van der Waals surface area contributed by atoms with Crippen LogP contribution in [0.5, 0.6) is 0 Å². The molecule has 9 heteroatoms. The lowest BCUT2D eigenvalue weighted by Crippen LogP contribution is -2.57. The van der Waals surface area contributed by atoms with Crippen molar-refractivity contribution >= 4 is 23.5 Å². The number of likely N-dealkylation sites (N-methyl/N-ethyl adjacent to an activating group) is 1. The number of benzene rings is 1. The van der Waals surface area contributed by atoms with Gasteiger partial charge in [-0.25, -0.2) is 9.18 Å². The number of carbonyl (C=O) groups excluding carboxylic acids is 3. The summed E-state index contributed by atoms with van der Waals surface area (Å²) in [5.41, 5.74) is 7.15. The van der Waals surface area contributed by atoms with Gasteiger partial charge in [0.05, 0.1) is 0 Å². The number of nitrogens with zero attached hydrogens (tertiary/aromatic N) is 2. The number of rotatable bonds is 7. The number of nitrogens with one attached hydrogen (secondary N) is 1. The van der Waals surface area contributed by atoms with E-state index in [2.05, 4.69) is 23.2 Å². The zero-order valence-electron chi connectivity index (χ0n) is 22.3. The summed E-state index contributed by atoms with van der Waals surface area (Å²) >= 11 is 0. The quantitative estimate of drug-likeness (QED) is 0.581. The fourth-order valence-electron chi connectivity index (χ4n) is 5.78. The van der Waals surface area contributed by atoms with Crippen LogP contribution in [0, 0.1) is 11.7 Å². The molecule has 1 aromatic rings. The first kappa shape index (κ1) is 27.1. The van der Waals surface area contributed by atoms with E-state index < -0.39 is 41.4 Å². The van der Waals surface area contributed by atoms with E-state index in [9.17, 15) is 14.4 Å². The van der Waals surface area contributed by atoms with E-state index in [4.69, 9.17) is 10.5 Å². The molecule has 1 saturated heterocycles. The lowest BCUT2D eigenvalue weighted by Gasteiger charge is -2.36. The first-order valence-corrected chi connectivity index (χ1v) is 13.3. The monoisotopic (exact) mass is 514 g/mol. The Bertz CT molecular complexity index is 1080. The van der Waals surface area contributed by atoms with E-state index in [1.807, 2.05) is 6.07 Å². The summed E-state index contributed by atoms with van der Waals surface area (Å²) in [5.74, 6) is -1.65. The molecule has 2 fully saturated rings. The Hall–Kier alpha value is -2.94. The molecule has 4 unspecified atom stereocenters. The third kappa shape index (κ3) is 6.14. The lowest BCUT2D eigenvalue weighted by atomic mass is 9.95. The molecular weight excluding hydrogens is 475 g/mol. The number of likely N-dealkylation sites (tertiary alicyclic amines) is 1. The van der Waals surface area contributed by atoms with Gasteiger partial charge in [0.1, 0.15) is 23.5 Å². The number of halogens is 1. The Kier molecular flexibility index (Phi) is 7.92. The van der Waals surface area contributed by atoms with Gasteiger partial charge in [0, 0.05) is 25.6 Å². The molecule has 0 aromatic heterocycles. The molecule has 8 nitrogen and oxygen atoms in total. The minimum atomic E-state index is -1.10. The van der Waals surface area contributed by atoms with Gasteiger partial charge < -0.3 is 15.8 Å². The van der Waals surface area contributed by atoms with Crippen molar-refractivity contribution < 1.29 is 23.5 Å². The highest BCUT2D eigenvalue weighted by Gasteiger charge is 2.52. The molecule has 1 aromatic carbocycles. The molecule has 3 amide bonds. The summed E-state index contributed by atoms with van der Waals surface area (Å²) in [6, 6.07) is 3.10. The number of hydrogen-bond acceptors (Lipinski definition) is 5. The highest BCUT2D eigenvalue weighted by molar-refractivity contribution is 5.91. The van der Waals surface area contributed by atoms with E-state index in [0.29, 0.717) is 5.56 Å². The molecule has 4 rings (SSSR count). The van der Waals surface area contributed by atoms with Gasteiger partial charge in [0.15, 0.2) is 0 Å². The Labute approximate surface area is 218 Å². The average Bonchev–Trinajstić information content (AvgIpc) is 3.45. The minimum Gasteiger partial charge on any atom is -0.444 e. The summed E-state index contributed by atoms with van der Waals surface area (Å²) in [4.78, 5) is 42.3. The Balaban J connectivity index is 1.45. The number of amides is 3. The fraction of sp³-hybridized carbons (Fsp3) is 0.607. The standard InChI is InChI=1S/C28H39FN4O4/c1-5-32-12-10-17(11-13-32)18-6-7-19(22(29)15-18)16-23(25(30)34)31-26(35)24-20-8-9-21(14-20)33(24)27(36)37-28(2,3)4/h6-7,10,15,20-21,23-24H,5,8-9,11-14,16H2,1-4H3,(H2,30,34)(H,31,35). The van der Waals surface area contributed by atoms with E-state index in [0.717, 1.165) is 56.5 Å². The molecule has 0 spiro atoms. The van der Waals surface area contributed by atoms with Crippen molar-refractivity contribution in [1.29, 1.82) is 0 Å². The van der Waals surface area contributed by atoms with Gasteiger partial charge in [-0.2, -0.15) is 0 Å². The second-order valence-corrected chi connectivity index (χ2v) is 11.4. The maximum atomic E-state index is 15.1. The van der Waals surface area contributed by atoms with Gasteiger partial charge in [0.2, 0.25) is 11.8 Å². The van der Waals surface area contributed by atoms with Crippen LogP contribution in [-0.2, 0) is 20.7 Å². The summed E-state index contributed by atoms with van der Waals surface area (Å²) < 4.78 is 20.6. The fourth-order valence-corrected chi connectivity index (χ4v) is 5.78. The largest absolute Gasteiger partial charge is 0.444 e. The van der Waals surface area contributed by atoms with E-state index in [1.54, 1.807) is 26.8 Å². The number of carbonyl (C=O) groups is 3. The molecule has 2 bridgehead atoms. The molecule has 4 atom stereocenters. The van der Waals surface area contributed by atoms with Gasteiger partial charge in [0.25, 0.3) is 0 Å². The minimum absolute atomic E-state index is 0.00513. The van der Waals surface area contributed by atoms with Crippen molar-refractivity contribution in [3.63, 3.8) is 0 Å². The number of fused-ring (bicyclic) bond motifs is 2. The summed E-state index contributed by atoms with van der Waals surface area (Å²) in [6.07, 6.45) is 4.74. The normalized spacial score (nSPS) is 24.5. The molecule has 202 valence electrons. The Morgan fingerprint density at radius 3 is 2.59 bits per heavy atom. The Morgan fingerprint density at radius 2 is 2.00 bits per heavy atom. The molecule has 0 radical (unpaired) electrons. The van der Waals surface area contributed by atoms with Crippen molar-refractivity contribution in [2.24, 2.45) is 11.7 Å². The number of ether oxygens (including phenoxy) is 1. The molecule has 37 heavy (non-hydrogen) atoms. The Morgan fingerprint density at radius 1 is 1.24 bits per heavy atom. The van der Waals surface area contributed by atoms with E-state index in [-0.39, 0.29) is 18.4 Å². The number of hydrogen-bond donors (Lipinski definition) is 2. The second kappa shape index (κ2) is 10.8. The maximum Gasteiger partial charge on any atom is 0.411 e. The van der Waals surface area contributed by atoms with Gasteiger partial charge in [-0.05, 0) is 81.7 Å². The number of piperidine rings is 1. The van der Waals surface area contributed by atoms with Gasteiger partial charge in [-0.1, -0.05) is 25.1 Å². The topological polar surface area (TPSA) is 105 Å². The van der Waals surface area contributed by atoms with Crippen molar-refractivity contribution in [3.8, 4) is 0 Å². The van der Waals surface area contributed by atoms with Crippen LogP contribution in [0.25, 0.3) is 5.57 Å². The zero-order valence-corrected chi connectivity index (χ0v) is 22.3. The maximum absolute atomic E-state index is 15.1. The molecular formula is C28H39FN4O4. The van der Waals surface area contributed by atoms with Crippen molar-refractivity contribution in [2.75, 3.05) is 19.6 Å². The van der Waals surface area contributed by atoms with Crippen LogP contribution < -0.4 is 11.1 Å². The van der Waals surface area contributed by atoms with Crippen LogP contribution in [0.1, 0.15) is 64.5 Å². The number of nitrogens with two attached hydrogens (primary N) is 1. The third-order valence-corrected chi connectivity index (χ3v) is 7.71. The second-order valence-electron chi connectivity index (χ2n) is 11.4. The van der Waals surface area contributed by atoms with Crippen LogP contribution in [-0.4, -0.2) is 71.1 Å². The predicted molar refractivity (Wildman–Crippen MR) is 139 cm³/mol. The first-order chi connectivity index (χ1) is 17.5.